The van der Waals surface area contributed by atoms with Crippen LogP contribution >= 0.6 is 0 Å². The average Bonchev–Trinajstić information content (AvgIpc) is 3.54. The highest BCUT2D eigenvalue weighted by atomic mass is 16.5. The molecule has 1 aliphatic carbocycles. The summed E-state index contributed by atoms with van der Waals surface area (Å²) < 4.78 is 17.1. The summed E-state index contributed by atoms with van der Waals surface area (Å²) in [7, 11) is 1.61. The zero-order valence-corrected chi connectivity index (χ0v) is 22.5. The van der Waals surface area contributed by atoms with Gasteiger partial charge in [-0.15, -0.1) is 0 Å². The summed E-state index contributed by atoms with van der Waals surface area (Å²) in [5.74, 6) is -1.09. The van der Waals surface area contributed by atoms with Crippen molar-refractivity contribution >= 4 is 23.4 Å². The Morgan fingerprint density at radius 3 is 2.63 bits per heavy atom. The van der Waals surface area contributed by atoms with Crippen molar-refractivity contribution in [2.75, 3.05) is 32.2 Å². The van der Waals surface area contributed by atoms with E-state index in [1.165, 1.54) is 6.42 Å². The van der Waals surface area contributed by atoms with Gasteiger partial charge in [-0.3, -0.25) is 14.4 Å². The molecule has 9 nitrogen and oxygen atoms in total. The Hall–Kier alpha value is -2.91. The van der Waals surface area contributed by atoms with Gasteiger partial charge < -0.3 is 29.7 Å². The molecule has 0 radical (unpaired) electrons. The molecular weight excluding hydrogens is 486 g/mol. The van der Waals surface area contributed by atoms with Crippen molar-refractivity contribution in [3.63, 3.8) is 0 Å². The number of hydrogen-bond acceptors (Lipinski definition) is 6. The maximum atomic E-state index is 13.9. The standard InChI is InChI=1S/C29H39N3O6/c1-4-37-20-12-10-19(11-13-20)30-26(33)23-22-14-15-29(38-22)24(23)28(35)32(16-7-17-36-3)25(29)27(34)31-21-9-6-5-8-18(21)2/h10-15,18,21-25H,4-9,16-17H2,1-3H3,(H,30,33)(H,31,34). The van der Waals surface area contributed by atoms with Crippen LogP contribution in [0, 0.1) is 17.8 Å². The van der Waals surface area contributed by atoms with Crippen LogP contribution in [0.4, 0.5) is 5.69 Å². The number of ether oxygens (including phenoxy) is 3. The average molecular weight is 526 g/mol. The fraction of sp³-hybridized carbons (Fsp3) is 0.621. The second kappa shape index (κ2) is 11.1. The van der Waals surface area contributed by atoms with E-state index >= 15 is 0 Å². The number of likely N-dealkylation sites (tertiary alicyclic amines) is 1. The third kappa shape index (κ3) is 4.71. The lowest BCUT2D eigenvalue weighted by Crippen LogP contribution is -2.57. The third-order valence-electron chi connectivity index (χ3n) is 8.54. The van der Waals surface area contributed by atoms with E-state index in [1.807, 2.05) is 19.1 Å². The van der Waals surface area contributed by atoms with Crippen molar-refractivity contribution < 1.29 is 28.6 Å². The number of benzene rings is 1. The minimum Gasteiger partial charge on any atom is -0.494 e. The predicted octanol–water partition coefficient (Wildman–Crippen LogP) is 2.91. The van der Waals surface area contributed by atoms with Crippen LogP contribution in [-0.4, -0.2) is 73.3 Å². The smallest absolute Gasteiger partial charge is 0.246 e. The molecule has 3 fully saturated rings. The third-order valence-corrected chi connectivity index (χ3v) is 8.54. The number of methoxy groups -OCH3 is 1. The molecule has 1 spiro atoms. The number of amides is 3. The molecule has 0 aromatic heterocycles. The Morgan fingerprint density at radius 2 is 1.92 bits per heavy atom. The number of hydrogen-bond donors (Lipinski definition) is 2. The van der Waals surface area contributed by atoms with Gasteiger partial charge in [0.2, 0.25) is 17.7 Å². The van der Waals surface area contributed by atoms with Crippen LogP contribution in [0.15, 0.2) is 36.4 Å². The van der Waals surface area contributed by atoms with E-state index in [1.54, 1.807) is 36.3 Å². The number of carbonyl (C=O) groups excluding carboxylic acids is 3. The first-order valence-corrected chi connectivity index (χ1v) is 13.9. The molecule has 5 rings (SSSR count). The maximum Gasteiger partial charge on any atom is 0.246 e. The van der Waals surface area contributed by atoms with Gasteiger partial charge in [-0.2, -0.15) is 0 Å². The van der Waals surface area contributed by atoms with Gasteiger partial charge in [0.25, 0.3) is 0 Å². The van der Waals surface area contributed by atoms with Crippen LogP contribution in [-0.2, 0) is 23.9 Å². The molecule has 9 heteroatoms. The van der Waals surface area contributed by atoms with E-state index in [4.69, 9.17) is 14.2 Å². The number of fused-ring (bicyclic) bond motifs is 1. The summed E-state index contributed by atoms with van der Waals surface area (Å²) in [6, 6.07) is 6.39. The molecule has 7 unspecified atom stereocenters. The minimum absolute atomic E-state index is 0.0731. The van der Waals surface area contributed by atoms with Gasteiger partial charge in [0, 0.05) is 32.0 Å². The van der Waals surface area contributed by atoms with Crippen LogP contribution in [0.3, 0.4) is 0 Å². The van der Waals surface area contributed by atoms with Crippen LogP contribution in [0.5, 0.6) is 5.75 Å². The van der Waals surface area contributed by atoms with Crippen LogP contribution in [0.2, 0.25) is 0 Å². The predicted molar refractivity (Wildman–Crippen MR) is 142 cm³/mol. The van der Waals surface area contributed by atoms with Crippen molar-refractivity contribution in [3.8, 4) is 5.75 Å². The number of nitrogens with zero attached hydrogens (tertiary/aromatic N) is 1. The molecule has 1 aromatic carbocycles. The van der Waals surface area contributed by atoms with Gasteiger partial charge in [-0.05, 0) is 56.4 Å². The topological polar surface area (TPSA) is 106 Å². The first-order valence-electron chi connectivity index (χ1n) is 13.9. The summed E-state index contributed by atoms with van der Waals surface area (Å²) >= 11 is 0. The molecule has 1 aromatic rings. The fourth-order valence-electron chi connectivity index (χ4n) is 6.71. The van der Waals surface area contributed by atoms with Gasteiger partial charge in [0.05, 0.1) is 24.5 Å². The number of anilines is 1. The van der Waals surface area contributed by atoms with E-state index < -0.39 is 29.6 Å². The van der Waals surface area contributed by atoms with Crippen molar-refractivity contribution in [3.05, 3.63) is 36.4 Å². The van der Waals surface area contributed by atoms with Crippen LogP contribution in [0.25, 0.3) is 0 Å². The quantitative estimate of drug-likeness (QED) is 0.360. The van der Waals surface area contributed by atoms with Crippen LogP contribution in [0.1, 0.15) is 46.0 Å². The zero-order chi connectivity index (χ0) is 26.9. The zero-order valence-electron chi connectivity index (χ0n) is 22.5. The molecule has 2 bridgehead atoms. The number of nitrogens with one attached hydrogen (secondary N) is 2. The molecule has 3 aliphatic heterocycles. The van der Waals surface area contributed by atoms with Crippen molar-refractivity contribution in [1.29, 1.82) is 0 Å². The van der Waals surface area contributed by atoms with Gasteiger partial charge in [-0.1, -0.05) is 31.9 Å². The summed E-state index contributed by atoms with van der Waals surface area (Å²) in [4.78, 5) is 43.0. The monoisotopic (exact) mass is 525 g/mol. The molecule has 3 amide bonds. The highest BCUT2D eigenvalue weighted by Crippen LogP contribution is 2.55. The summed E-state index contributed by atoms with van der Waals surface area (Å²) in [5.41, 5.74) is -0.542. The second-order valence-corrected chi connectivity index (χ2v) is 10.9. The van der Waals surface area contributed by atoms with Gasteiger partial charge in [0.1, 0.15) is 17.4 Å². The summed E-state index contributed by atoms with van der Waals surface area (Å²) in [6.45, 7) is 5.46. The lowest BCUT2D eigenvalue weighted by Gasteiger charge is -2.36. The molecule has 7 atom stereocenters. The van der Waals surface area contributed by atoms with E-state index in [-0.39, 0.29) is 23.8 Å². The minimum atomic E-state index is -1.16. The molecular formula is C29H39N3O6. The Morgan fingerprint density at radius 1 is 1.16 bits per heavy atom. The molecule has 38 heavy (non-hydrogen) atoms. The maximum absolute atomic E-state index is 13.9. The largest absolute Gasteiger partial charge is 0.494 e. The van der Waals surface area contributed by atoms with Crippen LogP contribution < -0.4 is 15.4 Å². The van der Waals surface area contributed by atoms with E-state index in [2.05, 4.69) is 17.6 Å². The lowest BCUT2D eigenvalue weighted by atomic mass is 9.74. The SMILES string of the molecule is CCOc1ccc(NC(=O)C2C3C=CC4(O3)C2C(=O)N(CCCOC)C4C(=O)NC2CCCCC2C)cc1. The van der Waals surface area contributed by atoms with E-state index in [0.29, 0.717) is 37.8 Å². The van der Waals surface area contributed by atoms with Gasteiger partial charge >= 0.3 is 0 Å². The van der Waals surface area contributed by atoms with Gasteiger partial charge in [-0.25, -0.2) is 0 Å². The fourth-order valence-corrected chi connectivity index (χ4v) is 6.71. The molecule has 1 saturated carbocycles. The highest BCUT2D eigenvalue weighted by molar-refractivity contribution is 6.02. The second-order valence-electron chi connectivity index (χ2n) is 10.9. The number of rotatable bonds is 10. The number of carbonyl (C=O) groups is 3. The van der Waals surface area contributed by atoms with E-state index in [0.717, 1.165) is 25.0 Å². The van der Waals surface area contributed by atoms with Crippen molar-refractivity contribution in [2.45, 2.75) is 69.7 Å². The Kier molecular flexibility index (Phi) is 7.77. The van der Waals surface area contributed by atoms with Crippen molar-refractivity contribution in [1.82, 2.24) is 10.2 Å². The van der Waals surface area contributed by atoms with E-state index in [9.17, 15) is 14.4 Å². The highest BCUT2D eigenvalue weighted by Gasteiger charge is 2.72. The summed E-state index contributed by atoms with van der Waals surface area (Å²) in [6.07, 6.45) is 7.98. The Labute approximate surface area is 224 Å². The van der Waals surface area contributed by atoms with Crippen molar-refractivity contribution in [2.24, 2.45) is 17.8 Å². The molecule has 206 valence electrons. The summed E-state index contributed by atoms with van der Waals surface area (Å²) in [5, 5.41) is 6.20. The molecule has 2 saturated heterocycles. The Bertz CT molecular complexity index is 1070. The molecule has 2 N–H and O–H groups in total. The first kappa shape index (κ1) is 26.7. The van der Waals surface area contributed by atoms with Gasteiger partial charge in [0.15, 0.2) is 0 Å². The normalized spacial score (nSPS) is 33.3. The molecule has 3 heterocycles. The Balaban J connectivity index is 1.39. The lowest BCUT2D eigenvalue weighted by molar-refractivity contribution is -0.141. The first-order chi connectivity index (χ1) is 18.4. The molecule has 4 aliphatic rings.